The van der Waals surface area contributed by atoms with Gasteiger partial charge in [0.2, 0.25) is 0 Å². The lowest BCUT2D eigenvalue weighted by atomic mass is 9.96. The Kier molecular flexibility index (Phi) is 3.65. The minimum Gasteiger partial charge on any atom is -0.481 e. The van der Waals surface area contributed by atoms with Crippen molar-refractivity contribution >= 4 is 5.97 Å². The summed E-state index contributed by atoms with van der Waals surface area (Å²) in [6.45, 7) is 2.16. The fourth-order valence-electron chi connectivity index (χ4n) is 1.38. The highest BCUT2D eigenvalue weighted by Crippen LogP contribution is 2.12. The largest absolute Gasteiger partial charge is 0.481 e. The van der Waals surface area contributed by atoms with Crippen molar-refractivity contribution in [3.63, 3.8) is 0 Å². The first kappa shape index (κ1) is 10.7. The average Bonchev–Trinajstić information content (AvgIpc) is 2.16. The highest BCUT2D eigenvalue weighted by Gasteiger charge is 2.16. The van der Waals surface area contributed by atoms with E-state index in [1.54, 1.807) is 0 Å². The first-order valence-corrected chi connectivity index (χ1v) is 4.62. The molecule has 0 spiro atoms. The van der Waals surface area contributed by atoms with E-state index in [9.17, 15) is 4.79 Å². The second kappa shape index (κ2) is 4.77. The van der Waals surface area contributed by atoms with Gasteiger partial charge in [-0.25, -0.2) is 0 Å². The monoisotopic (exact) mass is 193 g/mol. The SMILES string of the molecule is Cc1ccccc1CC(CN)C(=O)O. The molecule has 1 aromatic rings. The molecule has 0 amide bonds. The Morgan fingerprint density at radius 1 is 1.50 bits per heavy atom. The van der Waals surface area contributed by atoms with E-state index in [1.807, 2.05) is 31.2 Å². The lowest BCUT2D eigenvalue weighted by molar-refractivity contribution is -0.141. The van der Waals surface area contributed by atoms with Crippen LogP contribution >= 0.6 is 0 Å². The average molecular weight is 193 g/mol. The molecule has 0 saturated carbocycles. The Morgan fingerprint density at radius 3 is 2.64 bits per heavy atom. The molecule has 0 aromatic heterocycles. The molecule has 0 aliphatic heterocycles. The molecule has 0 fully saturated rings. The minimum atomic E-state index is -0.823. The smallest absolute Gasteiger partial charge is 0.308 e. The summed E-state index contributed by atoms with van der Waals surface area (Å²) in [4.78, 5) is 10.8. The molecule has 1 unspecified atom stereocenters. The van der Waals surface area contributed by atoms with E-state index in [0.29, 0.717) is 6.42 Å². The summed E-state index contributed by atoms with van der Waals surface area (Å²) in [5.41, 5.74) is 7.57. The van der Waals surface area contributed by atoms with Crippen molar-refractivity contribution in [2.45, 2.75) is 13.3 Å². The molecule has 3 nitrogen and oxygen atoms in total. The van der Waals surface area contributed by atoms with Crippen LogP contribution < -0.4 is 5.73 Å². The predicted octanol–water partition coefficient (Wildman–Crippen LogP) is 1.20. The molecule has 1 rings (SSSR count). The maximum Gasteiger partial charge on any atom is 0.308 e. The van der Waals surface area contributed by atoms with E-state index in [-0.39, 0.29) is 6.54 Å². The van der Waals surface area contributed by atoms with Crippen molar-refractivity contribution in [2.75, 3.05) is 6.54 Å². The summed E-state index contributed by atoms with van der Waals surface area (Å²) >= 11 is 0. The second-order valence-electron chi connectivity index (χ2n) is 3.40. The molecule has 0 radical (unpaired) electrons. The second-order valence-corrected chi connectivity index (χ2v) is 3.40. The van der Waals surface area contributed by atoms with Crippen LogP contribution in [0.1, 0.15) is 11.1 Å². The van der Waals surface area contributed by atoms with Gasteiger partial charge in [-0.3, -0.25) is 4.79 Å². The summed E-state index contributed by atoms with van der Waals surface area (Å²) in [7, 11) is 0. The van der Waals surface area contributed by atoms with Gasteiger partial charge >= 0.3 is 5.97 Å². The van der Waals surface area contributed by atoms with Crippen LogP contribution in [-0.2, 0) is 11.2 Å². The normalized spacial score (nSPS) is 12.4. The fraction of sp³-hybridized carbons (Fsp3) is 0.364. The molecular weight excluding hydrogens is 178 g/mol. The quantitative estimate of drug-likeness (QED) is 0.755. The van der Waals surface area contributed by atoms with Gasteiger partial charge < -0.3 is 10.8 Å². The van der Waals surface area contributed by atoms with Gasteiger partial charge in [0.15, 0.2) is 0 Å². The number of aryl methyl sites for hydroxylation is 1. The van der Waals surface area contributed by atoms with Crippen molar-refractivity contribution < 1.29 is 9.90 Å². The molecule has 0 bridgehead atoms. The highest BCUT2D eigenvalue weighted by atomic mass is 16.4. The van der Waals surface area contributed by atoms with Crippen LogP contribution in [0.5, 0.6) is 0 Å². The maximum absolute atomic E-state index is 10.8. The van der Waals surface area contributed by atoms with Gasteiger partial charge in [0.05, 0.1) is 5.92 Å². The number of carboxylic acid groups (broad SMARTS) is 1. The lowest BCUT2D eigenvalue weighted by Gasteiger charge is -2.11. The molecule has 3 N–H and O–H groups in total. The molecular formula is C11H15NO2. The first-order chi connectivity index (χ1) is 6.65. The number of nitrogens with two attached hydrogens (primary N) is 1. The molecule has 14 heavy (non-hydrogen) atoms. The van der Waals surface area contributed by atoms with Gasteiger partial charge in [-0.15, -0.1) is 0 Å². The molecule has 1 atom stereocenters. The molecule has 0 saturated heterocycles. The fourth-order valence-corrected chi connectivity index (χ4v) is 1.38. The Balaban J connectivity index is 2.77. The molecule has 0 aliphatic rings. The number of hydrogen-bond donors (Lipinski definition) is 2. The number of carboxylic acids is 1. The highest BCUT2D eigenvalue weighted by molar-refractivity contribution is 5.70. The van der Waals surface area contributed by atoms with Gasteiger partial charge in [0.1, 0.15) is 0 Å². The minimum absolute atomic E-state index is 0.184. The van der Waals surface area contributed by atoms with Crippen LogP contribution in [0.4, 0.5) is 0 Å². The van der Waals surface area contributed by atoms with Crippen LogP contribution in [0, 0.1) is 12.8 Å². The van der Waals surface area contributed by atoms with Crippen LogP contribution in [0.15, 0.2) is 24.3 Å². The predicted molar refractivity (Wildman–Crippen MR) is 55.1 cm³/mol. The Morgan fingerprint density at radius 2 is 2.14 bits per heavy atom. The van der Waals surface area contributed by atoms with Gasteiger partial charge in [-0.1, -0.05) is 24.3 Å². The molecule has 76 valence electrons. The summed E-state index contributed by atoms with van der Waals surface area (Å²) < 4.78 is 0. The zero-order valence-corrected chi connectivity index (χ0v) is 8.23. The van der Waals surface area contributed by atoms with Gasteiger partial charge in [0.25, 0.3) is 0 Å². The van der Waals surface area contributed by atoms with Crippen LogP contribution in [0.2, 0.25) is 0 Å². The van der Waals surface area contributed by atoms with Crippen LogP contribution in [0.3, 0.4) is 0 Å². The van der Waals surface area contributed by atoms with E-state index >= 15 is 0 Å². The van der Waals surface area contributed by atoms with E-state index < -0.39 is 11.9 Å². The summed E-state index contributed by atoms with van der Waals surface area (Å²) in [6.07, 6.45) is 0.512. The molecule has 3 heteroatoms. The Hall–Kier alpha value is -1.35. The number of rotatable bonds is 4. The van der Waals surface area contributed by atoms with E-state index in [4.69, 9.17) is 10.8 Å². The van der Waals surface area contributed by atoms with Crippen LogP contribution in [-0.4, -0.2) is 17.6 Å². The topological polar surface area (TPSA) is 63.3 Å². The third-order valence-corrected chi connectivity index (χ3v) is 2.36. The van der Waals surface area contributed by atoms with Crippen molar-refractivity contribution in [3.8, 4) is 0 Å². The van der Waals surface area contributed by atoms with Gasteiger partial charge in [-0.05, 0) is 24.5 Å². The van der Waals surface area contributed by atoms with E-state index in [2.05, 4.69) is 0 Å². The number of hydrogen-bond acceptors (Lipinski definition) is 2. The van der Waals surface area contributed by atoms with E-state index in [0.717, 1.165) is 11.1 Å². The third-order valence-electron chi connectivity index (χ3n) is 2.36. The lowest BCUT2D eigenvalue weighted by Crippen LogP contribution is -2.25. The molecule has 1 aromatic carbocycles. The first-order valence-electron chi connectivity index (χ1n) is 4.62. The third kappa shape index (κ3) is 2.57. The van der Waals surface area contributed by atoms with E-state index in [1.165, 1.54) is 0 Å². The molecule has 0 heterocycles. The summed E-state index contributed by atoms with van der Waals surface area (Å²) in [5.74, 6) is -1.30. The summed E-state index contributed by atoms with van der Waals surface area (Å²) in [6, 6.07) is 7.78. The number of carbonyl (C=O) groups is 1. The molecule has 0 aliphatic carbocycles. The van der Waals surface area contributed by atoms with Crippen molar-refractivity contribution in [3.05, 3.63) is 35.4 Å². The number of benzene rings is 1. The van der Waals surface area contributed by atoms with Crippen molar-refractivity contribution in [2.24, 2.45) is 11.7 Å². The zero-order chi connectivity index (χ0) is 10.6. The van der Waals surface area contributed by atoms with Crippen molar-refractivity contribution in [1.82, 2.24) is 0 Å². The Bertz CT molecular complexity index is 323. The maximum atomic E-state index is 10.8. The van der Waals surface area contributed by atoms with Crippen LogP contribution in [0.25, 0.3) is 0 Å². The van der Waals surface area contributed by atoms with Crippen molar-refractivity contribution in [1.29, 1.82) is 0 Å². The van der Waals surface area contributed by atoms with Gasteiger partial charge in [0, 0.05) is 6.54 Å². The Labute approximate surface area is 83.6 Å². The van der Waals surface area contributed by atoms with Gasteiger partial charge in [-0.2, -0.15) is 0 Å². The standard InChI is InChI=1S/C11H15NO2/c1-8-4-2-3-5-9(8)6-10(7-12)11(13)14/h2-5,10H,6-7,12H2,1H3,(H,13,14). The number of aliphatic carboxylic acids is 1. The zero-order valence-electron chi connectivity index (χ0n) is 8.23. The summed E-state index contributed by atoms with van der Waals surface area (Å²) in [5, 5.41) is 8.85.